The van der Waals surface area contributed by atoms with E-state index in [1.807, 2.05) is 0 Å². The molecule has 2 aromatic rings. The van der Waals surface area contributed by atoms with Crippen molar-refractivity contribution in [1.29, 1.82) is 0 Å². The van der Waals surface area contributed by atoms with Crippen LogP contribution in [0.15, 0.2) is 17.5 Å². The monoisotopic (exact) mass is 595 g/mol. The van der Waals surface area contributed by atoms with Crippen LogP contribution in [0.1, 0.15) is 21.6 Å². The Hall–Kier alpha value is -1.85. The first-order chi connectivity index (χ1) is 13.9. The molecule has 1 aromatic carbocycles. The minimum absolute atomic E-state index is 0.0630. The minimum Gasteiger partial charge on any atom is -0.365 e. The lowest BCUT2D eigenvalue weighted by atomic mass is 9.92. The number of nitrogens with one attached hydrogen (secondary N) is 2. The van der Waals surface area contributed by atoms with Crippen LogP contribution in [0.3, 0.4) is 0 Å². The molecule has 0 saturated carbocycles. The van der Waals surface area contributed by atoms with Gasteiger partial charge in [0.15, 0.2) is 5.13 Å². The molecular weight excluding hydrogens is 587 g/mol. The maximum Gasteiger partial charge on any atom is 0.435 e. The Kier molecular flexibility index (Phi) is 6.76. The second-order valence-electron chi connectivity index (χ2n) is 5.77. The number of carbonyl (C=O) groups excluding carboxylic acids is 1. The molecule has 0 spiro atoms. The summed E-state index contributed by atoms with van der Waals surface area (Å²) in [5.41, 5.74) is -12.0. The van der Waals surface area contributed by atoms with Gasteiger partial charge in [0.25, 0.3) is 5.91 Å². The molecule has 0 saturated heterocycles. The number of hydrogen-bond donors (Lipinski definition) is 2. The first-order valence-corrected chi connectivity index (χ1v) is 9.57. The van der Waals surface area contributed by atoms with Crippen molar-refractivity contribution >= 4 is 50.7 Å². The molecule has 0 bridgehead atoms. The number of aromatic nitrogens is 1. The standard InChI is InChI=1S/C15H8F10IN3OS/c1-27-11-28-8(4-31-11)10(30)29-9-6(13(17,18)19)2-5(3-7(9)26)12(16,14(20,21)22)15(23,24)25/h2-4H,1H3,(H,27,28)(H,29,30). The maximum atomic E-state index is 14.3. The van der Waals surface area contributed by atoms with Crippen LogP contribution in [0.5, 0.6) is 0 Å². The highest BCUT2D eigenvalue weighted by Crippen LogP contribution is 2.54. The van der Waals surface area contributed by atoms with Gasteiger partial charge in [-0.3, -0.25) is 4.79 Å². The second-order valence-corrected chi connectivity index (χ2v) is 7.79. The van der Waals surface area contributed by atoms with Gasteiger partial charge in [-0.15, -0.1) is 11.3 Å². The summed E-state index contributed by atoms with van der Waals surface area (Å²) in [6.07, 6.45) is -18.7. The van der Waals surface area contributed by atoms with Crippen LogP contribution >= 0.6 is 33.9 Å². The molecule has 0 aliphatic rings. The van der Waals surface area contributed by atoms with Crippen LogP contribution < -0.4 is 10.6 Å². The van der Waals surface area contributed by atoms with E-state index >= 15 is 0 Å². The van der Waals surface area contributed by atoms with Gasteiger partial charge in [0.2, 0.25) is 0 Å². The van der Waals surface area contributed by atoms with E-state index < -0.39 is 56.6 Å². The zero-order chi connectivity index (χ0) is 24.0. The van der Waals surface area contributed by atoms with Crippen molar-refractivity contribution in [3.8, 4) is 0 Å². The number of rotatable bonds is 4. The number of anilines is 2. The lowest BCUT2D eigenvalue weighted by molar-refractivity contribution is -0.348. The van der Waals surface area contributed by atoms with Gasteiger partial charge in [0.05, 0.1) is 11.3 Å². The number of nitrogens with zero attached hydrogens (tertiary/aromatic N) is 1. The predicted octanol–water partition coefficient (Wildman–Crippen LogP) is 6.35. The average Bonchev–Trinajstić information content (AvgIpc) is 3.08. The molecule has 2 N–H and O–H groups in total. The van der Waals surface area contributed by atoms with Crippen LogP contribution in [0.25, 0.3) is 0 Å². The lowest BCUT2D eigenvalue weighted by Gasteiger charge is -2.31. The van der Waals surface area contributed by atoms with Gasteiger partial charge in [-0.05, 0) is 34.7 Å². The van der Waals surface area contributed by atoms with Crippen molar-refractivity contribution in [3.63, 3.8) is 0 Å². The molecule has 1 amide bonds. The van der Waals surface area contributed by atoms with Gasteiger partial charge in [0.1, 0.15) is 5.69 Å². The highest BCUT2D eigenvalue weighted by atomic mass is 127. The zero-order valence-corrected chi connectivity index (χ0v) is 17.6. The van der Waals surface area contributed by atoms with E-state index in [0.717, 1.165) is 39.3 Å². The third kappa shape index (κ3) is 4.83. The number of carbonyl (C=O) groups is 1. The van der Waals surface area contributed by atoms with Crippen LogP contribution in [0.4, 0.5) is 54.7 Å². The molecular formula is C15H8F10IN3OS. The first-order valence-electron chi connectivity index (χ1n) is 7.61. The molecule has 0 fully saturated rings. The highest BCUT2D eigenvalue weighted by molar-refractivity contribution is 14.1. The van der Waals surface area contributed by atoms with Crippen LogP contribution in [-0.4, -0.2) is 30.3 Å². The molecule has 0 unspecified atom stereocenters. The zero-order valence-electron chi connectivity index (χ0n) is 14.7. The lowest BCUT2D eigenvalue weighted by Crippen LogP contribution is -2.50. The molecule has 0 aliphatic carbocycles. The molecule has 0 atom stereocenters. The average molecular weight is 595 g/mol. The second kappa shape index (κ2) is 8.25. The smallest absolute Gasteiger partial charge is 0.365 e. The quantitative estimate of drug-likeness (QED) is 0.320. The van der Waals surface area contributed by atoms with Crippen LogP contribution in [0, 0.1) is 3.57 Å². The number of alkyl halides is 10. The van der Waals surface area contributed by atoms with Crippen molar-refractivity contribution in [2.45, 2.75) is 24.2 Å². The van der Waals surface area contributed by atoms with Gasteiger partial charge in [-0.2, -0.15) is 39.5 Å². The topological polar surface area (TPSA) is 54.0 Å². The summed E-state index contributed by atoms with van der Waals surface area (Å²) < 4.78 is 131. The third-order valence-electron chi connectivity index (χ3n) is 3.76. The Balaban J connectivity index is 2.66. The Morgan fingerprint density at radius 2 is 1.55 bits per heavy atom. The number of thiazole rings is 1. The largest absolute Gasteiger partial charge is 0.435 e. The van der Waals surface area contributed by atoms with Crippen molar-refractivity contribution in [3.05, 3.63) is 37.9 Å². The summed E-state index contributed by atoms with van der Waals surface area (Å²) in [6.45, 7) is 0. The third-order valence-corrected chi connectivity index (χ3v) is 5.47. The molecule has 31 heavy (non-hydrogen) atoms. The van der Waals surface area contributed by atoms with E-state index in [1.54, 1.807) is 5.32 Å². The van der Waals surface area contributed by atoms with Crippen LogP contribution in [0.2, 0.25) is 0 Å². The van der Waals surface area contributed by atoms with Crippen LogP contribution in [-0.2, 0) is 11.8 Å². The van der Waals surface area contributed by atoms with Crippen molar-refractivity contribution < 1.29 is 48.7 Å². The predicted molar refractivity (Wildman–Crippen MR) is 98.7 cm³/mol. The van der Waals surface area contributed by atoms with Gasteiger partial charge in [-0.1, -0.05) is 0 Å². The van der Waals surface area contributed by atoms with Gasteiger partial charge < -0.3 is 10.6 Å². The Morgan fingerprint density at radius 3 is 1.97 bits per heavy atom. The van der Waals surface area contributed by atoms with E-state index in [4.69, 9.17) is 0 Å². The highest BCUT2D eigenvalue weighted by Gasteiger charge is 2.73. The first kappa shape index (κ1) is 25.4. The summed E-state index contributed by atoms with van der Waals surface area (Å²) in [4.78, 5) is 15.9. The Morgan fingerprint density at radius 1 is 1.00 bits per heavy atom. The fraction of sp³-hybridized carbons (Fsp3) is 0.333. The molecule has 16 heteroatoms. The van der Waals surface area contributed by atoms with E-state index in [-0.39, 0.29) is 16.9 Å². The molecule has 2 rings (SSSR count). The molecule has 4 nitrogen and oxygen atoms in total. The Bertz CT molecular complexity index is 969. The molecule has 0 aliphatic heterocycles. The summed E-state index contributed by atoms with van der Waals surface area (Å²) in [5, 5.41) is 5.68. The summed E-state index contributed by atoms with van der Waals surface area (Å²) >= 11 is 1.87. The maximum absolute atomic E-state index is 14.3. The van der Waals surface area contributed by atoms with E-state index in [9.17, 15) is 48.7 Å². The minimum atomic E-state index is -6.61. The molecule has 0 radical (unpaired) electrons. The summed E-state index contributed by atoms with van der Waals surface area (Å²) in [7, 11) is 1.44. The van der Waals surface area contributed by atoms with E-state index in [0.29, 0.717) is 0 Å². The normalized spacial score (nSPS) is 13.3. The van der Waals surface area contributed by atoms with Gasteiger partial charge in [0, 0.05) is 21.6 Å². The van der Waals surface area contributed by atoms with Gasteiger partial charge in [-0.25, -0.2) is 9.37 Å². The molecule has 172 valence electrons. The molecule has 1 heterocycles. The molecule has 1 aromatic heterocycles. The number of benzene rings is 1. The summed E-state index contributed by atoms with van der Waals surface area (Å²) in [5.74, 6) is -1.22. The van der Waals surface area contributed by atoms with Crippen molar-refractivity contribution in [2.75, 3.05) is 17.7 Å². The number of halogens is 11. The van der Waals surface area contributed by atoms with Crippen molar-refractivity contribution in [1.82, 2.24) is 4.98 Å². The summed E-state index contributed by atoms with van der Waals surface area (Å²) in [6, 6.07) is -0.689. The Labute approximate surface area is 184 Å². The fourth-order valence-corrected chi connectivity index (χ4v) is 3.73. The number of hydrogen-bond acceptors (Lipinski definition) is 4. The van der Waals surface area contributed by atoms with Gasteiger partial charge >= 0.3 is 24.2 Å². The van der Waals surface area contributed by atoms with E-state index in [2.05, 4.69) is 10.3 Å². The van der Waals surface area contributed by atoms with Crippen molar-refractivity contribution in [2.24, 2.45) is 0 Å². The van der Waals surface area contributed by atoms with E-state index in [1.165, 1.54) is 7.05 Å². The number of amides is 1. The fourth-order valence-electron chi connectivity index (χ4n) is 2.31. The SMILES string of the molecule is CNc1nc(C(=O)Nc2c(I)cc(C(F)(C(F)(F)F)C(F)(F)F)cc2C(F)(F)F)cs1.